The zero-order valence-corrected chi connectivity index (χ0v) is 14.5. The van der Waals surface area contributed by atoms with Gasteiger partial charge >= 0.3 is 6.18 Å². The number of aromatic nitrogens is 2. The quantitative estimate of drug-likeness (QED) is 0.653. The zero-order valence-electron chi connectivity index (χ0n) is 13.8. The topological polar surface area (TPSA) is 75.0 Å². The fourth-order valence-electron chi connectivity index (χ4n) is 2.64. The molecule has 0 fully saturated rings. The number of benzene rings is 1. The number of aromatic amines is 1. The van der Waals surface area contributed by atoms with Crippen molar-refractivity contribution in [3.05, 3.63) is 46.7 Å². The minimum absolute atomic E-state index is 0.0334. The number of fused-ring (bicyclic) bond motifs is 1. The van der Waals surface area contributed by atoms with E-state index >= 15 is 0 Å². The van der Waals surface area contributed by atoms with E-state index in [0.717, 1.165) is 0 Å². The Bertz CT molecular complexity index is 1010. The van der Waals surface area contributed by atoms with Gasteiger partial charge in [0.2, 0.25) is 0 Å². The Labute approximate surface area is 151 Å². The predicted molar refractivity (Wildman–Crippen MR) is 94.0 cm³/mol. The molecule has 136 valence electrons. The molecule has 0 unspecified atom stereocenters. The first-order valence-electron chi connectivity index (χ1n) is 7.45. The van der Waals surface area contributed by atoms with Crippen LogP contribution in [0.4, 0.5) is 18.9 Å². The van der Waals surface area contributed by atoms with Gasteiger partial charge in [-0.15, -0.1) is 0 Å². The van der Waals surface area contributed by atoms with Crippen LogP contribution >= 0.6 is 11.6 Å². The highest BCUT2D eigenvalue weighted by atomic mass is 35.5. The molecule has 0 atom stereocenters. The SMILES string of the molecule is CN(C)C(=O)c1cc(-c2cnc3[nH]c(Cl)c(C(F)(F)F)c3c2)ccc1N. The second kappa shape index (κ2) is 6.21. The van der Waals surface area contributed by atoms with Crippen molar-refractivity contribution in [1.82, 2.24) is 14.9 Å². The summed E-state index contributed by atoms with van der Waals surface area (Å²) in [6.45, 7) is 0. The number of hydrogen-bond donors (Lipinski definition) is 2. The predicted octanol–water partition coefficient (Wildman–Crippen LogP) is 4.19. The molecular formula is C17H14ClF3N4O. The van der Waals surface area contributed by atoms with Crippen molar-refractivity contribution in [2.75, 3.05) is 19.8 Å². The Balaban J connectivity index is 2.18. The first-order valence-corrected chi connectivity index (χ1v) is 7.83. The van der Waals surface area contributed by atoms with Crippen LogP contribution in [0.1, 0.15) is 15.9 Å². The fourth-order valence-corrected chi connectivity index (χ4v) is 2.94. The maximum absolute atomic E-state index is 13.3. The second-order valence-electron chi connectivity index (χ2n) is 5.93. The van der Waals surface area contributed by atoms with E-state index in [1.54, 1.807) is 20.2 Å². The van der Waals surface area contributed by atoms with Crippen LogP contribution in [0.5, 0.6) is 0 Å². The summed E-state index contributed by atoms with van der Waals surface area (Å²) < 4.78 is 39.8. The van der Waals surface area contributed by atoms with Gasteiger partial charge in [-0.1, -0.05) is 17.7 Å². The second-order valence-corrected chi connectivity index (χ2v) is 6.31. The summed E-state index contributed by atoms with van der Waals surface area (Å²) in [7, 11) is 3.17. The number of alkyl halides is 3. The Hall–Kier alpha value is -2.74. The highest BCUT2D eigenvalue weighted by molar-refractivity contribution is 6.31. The van der Waals surface area contributed by atoms with Gasteiger partial charge in [0.15, 0.2) is 0 Å². The van der Waals surface area contributed by atoms with Crippen LogP contribution < -0.4 is 5.73 Å². The molecule has 0 aliphatic rings. The van der Waals surface area contributed by atoms with Crippen molar-refractivity contribution in [3.8, 4) is 11.1 Å². The molecule has 0 aliphatic heterocycles. The van der Waals surface area contributed by atoms with Gasteiger partial charge in [-0.05, 0) is 23.8 Å². The molecule has 2 heterocycles. The number of carbonyl (C=O) groups is 1. The number of halogens is 4. The molecular weight excluding hydrogens is 369 g/mol. The third kappa shape index (κ3) is 3.08. The molecule has 0 spiro atoms. The third-order valence-corrected chi connectivity index (χ3v) is 4.19. The maximum atomic E-state index is 13.3. The zero-order chi connectivity index (χ0) is 19.2. The Morgan fingerprint density at radius 2 is 1.92 bits per heavy atom. The van der Waals surface area contributed by atoms with Crippen LogP contribution in [0.25, 0.3) is 22.2 Å². The molecule has 3 aromatic rings. The molecule has 2 aromatic heterocycles. The van der Waals surface area contributed by atoms with Crippen LogP contribution in [-0.4, -0.2) is 34.9 Å². The molecule has 0 aliphatic carbocycles. The molecule has 3 rings (SSSR count). The van der Waals surface area contributed by atoms with Gasteiger partial charge in [-0.2, -0.15) is 13.2 Å². The van der Waals surface area contributed by atoms with Gasteiger partial charge in [-0.3, -0.25) is 4.79 Å². The molecule has 0 bridgehead atoms. The lowest BCUT2D eigenvalue weighted by Gasteiger charge is -2.13. The van der Waals surface area contributed by atoms with Gasteiger partial charge in [0, 0.05) is 36.9 Å². The summed E-state index contributed by atoms with van der Waals surface area (Å²) in [5.41, 5.74) is 6.38. The fraction of sp³-hybridized carbons (Fsp3) is 0.176. The standard InChI is InChI=1S/C17H14ClF3N4O/c1-25(2)16(26)10-5-8(3-4-12(10)22)9-6-11-13(17(19,20)21)14(18)24-15(11)23-7-9/h3-7H,22H2,1-2H3,(H,23,24). The van der Waals surface area contributed by atoms with Crippen molar-refractivity contribution >= 4 is 34.2 Å². The minimum Gasteiger partial charge on any atom is -0.398 e. The first kappa shape index (κ1) is 18.1. The van der Waals surface area contributed by atoms with E-state index < -0.39 is 16.9 Å². The highest BCUT2D eigenvalue weighted by Gasteiger charge is 2.37. The number of nitrogens with zero attached hydrogens (tertiary/aromatic N) is 2. The van der Waals surface area contributed by atoms with E-state index in [-0.39, 0.29) is 28.2 Å². The summed E-state index contributed by atoms with van der Waals surface area (Å²) in [6, 6.07) is 6.02. The third-order valence-electron chi connectivity index (χ3n) is 3.91. The summed E-state index contributed by atoms with van der Waals surface area (Å²) in [4.78, 5) is 20.0. The number of H-pyrrole nitrogens is 1. The van der Waals surface area contributed by atoms with Crippen LogP contribution in [0.15, 0.2) is 30.5 Å². The van der Waals surface area contributed by atoms with Crippen molar-refractivity contribution < 1.29 is 18.0 Å². The molecule has 5 nitrogen and oxygen atoms in total. The van der Waals surface area contributed by atoms with Crippen molar-refractivity contribution in [1.29, 1.82) is 0 Å². The number of nitrogen functional groups attached to an aromatic ring is 1. The van der Waals surface area contributed by atoms with E-state index in [1.165, 1.54) is 29.3 Å². The molecule has 1 amide bonds. The van der Waals surface area contributed by atoms with Gasteiger partial charge in [0.1, 0.15) is 16.4 Å². The number of nitrogens with one attached hydrogen (secondary N) is 1. The van der Waals surface area contributed by atoms with Gasteiger partial charge in [0.05, 0.1) is 5.56 Å². The van der Waals surface area contributed by atoms with Crippen LogP contribution in [0.2, 0.25) is 5.15 Å². The molecule has 1 aromatic carbocycles. The lowest BCUT2D eigenvalue weighted by Crippen LogP contribution is -2.22. The van der Waals surface area contributed by atoms with E-state index in [2.05, 4.69) is 9.97 Å². The molecule has 0 radical (unpaired) electrons. The van der Waals surface area contributed by atoms with Crippen LogP contribution in [-0.2, 0) is 6.18 Å². The Morgan fingerprint density at radius 3 is 2.54 bits per heavy atom. The average Bonchev–Trinajstić information content (AvgIpc) is 2.89. The van der Waals surface area contributed by atoms with E-state index in [4.69, 9.17) is 17.3 Å². The number of hydrogen-bond acceptors (Lipinski definition) is 3. The first-order chi connectivity index (χ1) is 12.1. The summed E-state index contributed by atoms with van der Waals surface area (Å²) >= 11 is 5.69. The number of pyridine rings is 1. The number of amides is 1. The number of nitrogens with two attached hydrogens (primary N) is 1. The van der Waals surface area contributed by atoms with Crippen molar-refractivity contribution in [2.45, 2.75) is 6.18 Å². The summed E-state index contributed by atoms with van der Waals surface area (Å²) in [5.74, 6) is -0.306. The highest BCUT2D eigenvalue weighted by Crippen LogP contribution is 2.40. The lowest BCUT2D eigenvalue weighted by atomic mass is 10.0. The van der Waals surface area contributed by atoms with Gasteiger partial charge in [-0.25, -0.2) is 4.98 Å². The largest absolute Gasteiger partial charge is 0.420 e. The van der Waals surface area contributed by atoms with Gasteiger partial charge in [0.25, 0.3) is 5.91 Å². The monoisotopic (exact) mass is 382 g/mol. The summed E-state index contributed by atoms with van der Waals surface area (Å²) in [6.07, 6.45) is -3.21. The molecule has 26 heavy (non-hydrogen) atoms. The Morgan fingerprint density at radius 1 is 1.23 bits per heavy atom. The van der Waals surface area contributed by atoms with Crippen LogP contribution in [0, 0.1) is 0 Å². The van der Waals surface area contributed by atoms with Crippen LogP contribution in [0.3, 0.4) is 0 Å². The van der Waals surface area contributed by atoms with Gasteiger partial charge < -0.3 is 15.6 Å². The lowest BCUT2D eigenvalue weighted by molar-refractivity contribution is -0.136. The number of anilines is 1. The smallest absolute Gasteiger partial charge is 0.398 e. The average molecular weight is 383 g/mol. The molecule has 0 saturated carbocycles. The maximum Gasteiger partial charge on any atom is 0.420 e. The van der Waals surface area contributed by atoms with Crippen molar-refractivity contribution in [2.24, 2.45) is 0 Å². The minimum atomic E-state index is -4.62. The van der Waals surface area contributed by atoms with E-state index in [9.17, 15) is 18.0 Å². The molecule has 9 heteroatoms. The number of carbonyl (C=O) groups excluding carboxylic acids is 1. The molecule has 3 N–H and O–H groups in total. The summed E-state index contributed by atoms with van der Waals surface area (Å²) in [5, 5.41) is -0.657. The van der Waals surface area contributed by atoms with E-state index in [1.807, 2.05) is 0 Å². The molecule has 0 saturated heterocycles. The van der Waals surface area contributed by atoms with Crippen molar-refractivity contribution in [3.63, 3.8) is 0 Å². The Kier molecular flexibility index (Phi) is 4.31. The van der Waals surface area contributed by atoms with E-state index in [0.29, 0.717) is 11.1 Å². The number of rotatable bonds is 2. The normalized spacial score (nSPS) is 11.8.